The quantitative estimate of drug-likeness (QED) is 0.769. The zero-order chi connectivity index (χ0) is 12.8. The molecule has 0 rings (SSSR count). The highest BCUT2D eigenvalue weighted by Crippen LogP contribution is 2.21. The fraction of sp³-hybridized carbons (Fsp3) is 0.778. The normalized spacial score (nSPS) is 11.2. The number of amides is 1. The van der Waals surface area contributed by atoms with Gasteiger partial charge in [-0.1, -0.05) is 6.92 Å². The number of carboxylic acid groups (broad SMARTS) is 1. The minimum absolute atomic E-state index is 0.156. The predicted octanol–water partition coefficient (Wildman–Crippen LogP) is 1.65. The molecule has 0 atom stereocenters. The topological polar surface area (TPSA) is 57.6 Å². The summed E-state index contributed by atoms with van der Waals surface area (Å²) < 4.78 is 35.5. The van der Waals surface area contributed by atoms with Crippen LogP contribution in [-0.4, -0.2) is 41.1 Å². The lowest BCUT2D eigenvalue weighted by molar-refractivity contribution is -0.152. The highest BCUT2D eigenvalue weighted by Gasteiger charge is 2.29. The van der Waals surface area contributed by atoms with Crippen molar-refractivity contribution in [2.45, 2.75) is 32.4 Å². The molecule has 0 fully saturated rings. The Balaban J connectivity index is 4.22. The molecule has 0 saturated carbocycles. The first-order chi connectivity index (χ1) is 7.26. The summed E-state index contributed by atoms with van der Waals surface area (Å²) in [7, 11) is 0. The molecule has 0 heterocycles. The lowest BCUT2D eigenvalue weighted by Gasteiger charge is -2.20. The predicted molar refractivity (Wildman–Crippen MR) is 49.8 cm³/mol. The maximum atomic E-state index is 11.8. The van der Waals surface area contributed by atoms with Gasteiger partial charge in [-0.05, 0) is 6.42 Å². The van der Waals surface area contributed by atoms with Crippen LogP contribution in [0, 0.1) is 0 Å². The van der Waals surface area contributed by atoms with Crippen molar-refractivity contribution in [3.8, 4) is 0 Å². The van der Waals surface area contributed by atoms with Gasteiger partial charge in [0.1, 0.15) is 6.54 Å². The van der Waals surface area contributed by atoms with E-state index in [9.17, 15) is 22.8 Å². The van der Waals surface area contributed by atoms with Crippen molar-refractivity contribution in [2.75, 3.05) is 13.1 Å². The van der Waals surface area contributed by atoms with E-state index in [1.807, 2.05) is 0 Å². The SMILES string of the molecule is CCCN(CC(=O)O)C(=O)CCC(F)(F)F. The van der Waals surface area contributed by atoms with E-state index in [1.54, 1.807) is 6.92 Å². The van der Waals surface area contributed by atoms with Crippen LogP contribution < -0.4 is 0 Å². The maximum Gasteiger partial charge on any atom is 0.389 e. The second kappa shape index (κ2) is 6.34. The number of carboxylic acids is 1. The molecule has 1 N–H and O–H groups in total. The maximum absolute atomic E-state index is 11.8. The first kappa shape index (κ1) is 14.7. The number of alkyl halides is 3. The van der Waals surface area contributed by atoms with E-state index < -0.39 is 37.4 Å². The molecular formula is C9H14F3NO3. The molecular weight excluding hydrogens is 227 g/mol. The van der Waals surface area contributed by atoms with Crippen LogP contribution in [0.5, 0.6) is 0 Å². The van der Waals surface area contributed by atoms with Gasteiger partial charge in [0, 0.05) is 13.0 Å². The van der Waals surface area contributed by atoms with Crippen LogP contribution in [0.15, 0.2) is 0 Å². The minimum Gasteiger partial charge on any atom is -0.480 e. The summed E-state index contributed by atoms with van der Waals surface area (Å²) in [5.41, 5.74) is 0. The van der Waals surface area contributed by atoms with Gasteiger partial charge in [-0.15, -0.1) is 0 Å². The highest BCUT2D eigenvalue weighted by molar-refractivity contribution is 5.81. The Morgan fingerprint density at radius 3 is 2.25 bits per heavy atom. The largest absolute Gasteiger partial charge is 0.480 e. The Bertz CT molecular complexity index is 253. The molecule has 0 aromatic rings. The van der Waals surface area contributed by atoms with E-state index in [0.29, 0.717) is 6.42 Å². The zero-order valence-electron chi connectivity index (χ0n) is 8.88. The van der Waals surface area contributed by atoms with Crippen molar-refractivity contribution in [1.82, 2.24) is 4.90 Å². The molecule has 0 aliphatic heterocycles. The van der Waals surface area contributed by atoms with Gasteiger partial charge in [0.2, 0.25) is 5.91 Å². The van der Waals surface area contributed by atoms with Gasteiger partial charge >= 0.3 is 12.1 Å². The number of halogens is 3. The van der Waals surface area contributed by atoms with Gasteiger partial charge < -0.3 is 10.0 Å². The third-order valence-electron chi connectivity index (χ3n) is 1.79. The number of carbonyl (C=O) groups is 2. The number of carbonyl (C=O) groups excluding carboxylic acids is 1. The Labute approximate surface area is 91.0 Å². The standard InChI is InChI=1S/C9H14F3NO3/c1-2-5-13(6-8(15)16)7(14)3-4-9(10,11)12/h2-6H2,1H3,(H,15,16). The molecule has 0 aliphatic carbocycles. The van der Waals surface area contributed by atoms with Crippen LogP contribution in [-0.2, 0) is 9.59 Å². The summed E-state index contributed by atoms with van der Waals surface area (Å²) in [5.74, 6) is -2.00. The van der Waals surface area contributed by atoms with Crippen LogP contribution in [0.2, 0.25) is 0 Å². The molecule has 0 saturated heterocycles. The van der Waals surface area contributed by atoms with E-state index >= 15 is 0 Å². The molecule has 94 valence electrons. The molecule has 7 heteroatoms. The third-order valence-corrected chi connectivity index (χ3v) is 1.79. The van der Waals surface area contributed by atoms with Gasteiger partial charge in [-0.3, -0.25) is 9.59 Å². The molecule has 0 radical (unpaired) electrons. The van der Waals surface area contributed by atoms with Crippen molar-refractivity contribution in [2.24, 2.45) is 0 Å². The van der Waals surface area contributed by atoms with Crippen LogP contribution in [0.25, 0.3) is 0 Å². The van der Waals surface area contributed by atoms with Gasteiger partial charge in [-0.25, -0.2) is 0 Å². The molecule has 1 amide bonds. The van der Waals surface area contributed by atoms with Crippen molar-refractivity contribution in [3.05, 3.63) is 0 Å². The Morgan fingerprint density at radius 1 is 1.31 bits per heavy atom. The summed E-state index contributed by atoms with van der Waals surface area (Å²) in [6.07, 6.45) is -5.80. The van der Waals surface area contributed by atoms with E-state index in [2.05, 4.69) is 0 Å². The van der Waals surface area contributed by atoms with E-state index in [4.69, 9.17) is 5.11 Å². The molecule has 16 heavy (non-hydrogen) atoms. The van der Waals surface area contributed by atoms with Crippen molar-refractivity contribution >= 4 is 11.9 Å². The van der Waals surface area contributed by atoms with Crippen LogP contribution in [0.4, 0.5) is 13.2 Å². The molecule has 0 unspecified atom stereocenters. The molecule has 0 aromatic carbocycles. The average molecular weight is 241 g/mol. The van der Waals surface area contributed by atoms with E-state index in [1.165, 1.54) is 0 Å². The Hall–Kier alpha value is -1.27. The second-order valence-electron chi connectivity index (χ2n) is 3.32. The molecule has 0 spiro atoms. The second-order valence-corrected chi connectivity index (χ2v) is 3.32. The van der Waals surface area contributed by atoms with Gasteiger partial charge in [0.15, 0.2) is 0 Å². The first-order valence-corrected chi connectivity index (χ1v) is 4.82. The Kier molecular flexibility index (Phi) is 5.84. The van der Waals surface area contributed by atoms with Gasteiger partial charge in [0.25, 0.3) is 0 Å². The summed E-state index contributed by atoms with van der Waals surface area (Å²) in [6, 6.07) is 0. The molecule has 0 bridgehead atoms. The number of hydrogen-bond donors (Lipinski definition) is 1. The number of nitrogens with zero attached hydrogens (tertiary/aromatic N) is 1. The lowest BCUT2D eigenvalue weighted by Crippen LogP contribution is -2.36. The van der Waals surface area contributed by atoms with Crippen LogP contribution >= 0.6 is 0 Å². The average Bonchev–Trinajstić information content (AvgIpc) is 2.11. The first-order valence-electron chi connectivity index (χ1n) is 4.82. The molecule has 0 aromatic heterocycles. The number of aliphatic carboxylic acids is 1. The smallest absolute Gasteiger partial charge is 0.389 e. The third kappa shape index (κ3) is 7.08. The summed E-state index contributed by atoms with van der Waals surface area (Å²) >= 11 is 0. The van der Waals surface area contributed by atoms with Crippen molar-refractivity contribution in [3.63, 3.8) is 0 Å². The van der Waals surface area contributed by atoms with Gasteiger partial charge in [0.05, 0.1) is 6.42 Å². The molecule has 0 aliphatic rings. The van der Waals surface area contributed by atoms with Crippen LogP contribution in [0.1, 0.15) is 26.2 Å². The fourth-order valence-corrected chi connectivity index (χ4v) is 1.13. The van der Waals surface area contributed by atoms with Crippen LogP contribution in [0.3, 0.4) is 0 Å². The number of hydrogen-bond acceptors (Lipinski definition) is 2. The van der Waals surface area contributed by atoms with Crippen molar-refractivity contribution < 1.29 is 27.9 Å². The van der Waals surface area contributed by atoms with Gasteiger partial charge in [-0.2, -0.15) is 13.2 Å². The zero-order valence-corrected chi connectivity index (χ0v) is 8.88. The van der Waals surface area contributed by atoms with E-state index in [0.717, 1.165) is 4.90 Å². The summed E-state index contributed by atoms with van der Waals surface area (Å²) in [5, 5.41) is 8.47. The Morgan fingerprint density at radius 2 is 1.88 bits per heavy atom. The lowest BCUT2D eigenvalue weighted by atomic mass is 10.2. The van der Waals surface area contributed by atoms with Crippen molar-refractivity contribution in [1.29, 1.82) is 0 Å². The summed E-state index contributed by atoms with van der Waals surface area (Å²) in [4.78, 5) is 22.6. The number of rotatable bonds is 6. The fourth-order valence-electron chi connectivity index (χ4n) is 1.13. The molecule has 4 nitrogen and oxygen atoms in total. The monoisotopic (exact) mass is 241 g/mol. The van der Waals surface area contributed by atoms with E-state index in [-0.39, 0.29) is 6.54 Å². The summed E-state index contributed by atoms with van der Waals surface area (Å²) in [6.45, 7) is 1.32. The highest BCUT2D eigenvalue weighted by atomic mass is 19.4. The minimum atomic E-state index is -4.39.